The number of carbonyl (C=O) groups excluding carboxylic acids is 2. The molecule has 1 aromatic carbocycles. The summed E-state index contributed by atoms with van der Waals surface area (Å²) >= 11 is 0. The van der Waals surface area contributed by atoms with Crippen LogP contribution in [0.2, 0.25) is 0 Å². The number of nitrogens with two attached hydrogens (primary N) is 1. The highest BCUT2D eigenvalue weighted by Crippen LogP contribution is 2.24. The number of alkyl carbamates (subject to hydrolysis) is 1. The summed E-state index contributed by atoms with van der Waals surface area (Å²) in [7, 11) is -3.62. The molecule has 0 aromatic heterocycles. The van der Waals surface area contributed by atoms with Gasteiger partial charge in [-0.2, -0.15) is 4.31 Å². The Labute approximate surface area is 196 Å². The van der Waals surface area contributed by atoms with E-state index in [0.717, 1.165) is 31.5 Å². The zero-order valence-corrected chi connectivity index (χ0v) is 20.6. The lowest BCUT2D eigenvalue weighted by molar-refractivity contribution is -0.123. The first kappa shape index (κ1) is 25.5. The predicted molar refractivity (Wildman–Crippen MR) is 125 cm³/mol. The van der Waals surface area contributed by atoms with E-state index in [1.807, 2.05) is 6.07 Å². The number of primary amides is 1. The molecule has 0 bridgehead atoms. The number of sulfonamides is 1. The molecule has 0 spiro atoms. The largest absolute Gasteiger partial charge is 0.444 e. The molecular formula is C23H36N4O5S. The van der Waals surface area contributed by atoms with Crippen molar-refractivity contribution in [2.24, 2.45) is 11.7 Å². The zero-order valence-electron chi connectivity index (χ0n) is 19.7. The van der Waals surface area contributed by atoms with Crippen molar-refractivity contribution in [3.05, 3.63) is 29.8 Å². The second-order valence-corrected chi connectivity index (χ2v) is 11.9. The molecule has 0 saturated carbocycles. The quantitative estimate of drug-likeness (QED) is 0.643. The number of rotatable bonds is 6. The average Bonchev–Trinajstić information content (AvgIpc) is 2.73. The number of benzene rings is 1. The lowest BCUT2D eigenvalue weighted by atomic mass is 9.96. The Morgan fingerprint density at radius 2 is 1.73 bits per heavy atom. The topological polar surface area (TPSA) is 122 Å². The Morgan fingerprint density at radius 3 is 2.30 bits per heavy atom. The molecule has 184 valence electrons. The van der Waals surface area contributed by atoms with E-state index in [1.54, 1.807) is 39.0 Å². The van der Waals surface area contributed by atoms with E-state index in [1.165, 1.54) is 4.31 Å². The molecule has 10 heteroatoms. The van der Waals surface area contributed by atoms with Crippen molar-refractivity contribution in [2.75, 3.05) is 26.2 Å². The highest BCUT2D eigenvalue weighted by molar-refractivity contribution is 7.89. The Hall–Kier alpha value is -2.17. The molecule has 2 fully saturated rings. The first-order chi connectivity index (χ1) is 15.4. The molecule has 0 atom stereocenters. The van der Waals surface area contributed by atoms with Crippen LogP contribution in [0, 0.1) is 5.92 Å². The molecule has 2 amide bonds. The summed E-state index contributed by atoms with van der Waals surface area (Å²) < 4.78 is 33.2. The molecule has 2 aliphatic heterocycles. The van der Waals surface area contributed by atoms with Gasteiger partial charge in [0.25, 0.3) is 0 Å². The molecule has 33 heavy (non-hydrogen) atoms. The molecule has 2 aliphatic rings. The Kier molecular flexibility index (Phi) is 8.02. The third-order valence-electron chi connectivity index (χ3n) is 6.11. The van der Waals surface area contributed by atoms with Gasteiger partial charge in [0.15, 0.2) is 0 Å². The van der Waals surface area contributed by atoms with Crippen LogP contribution in [0.25, 0.3) is 0 Å². The van der Waals surface area contributed by atoms with E-state index >= 15 is 0 Å². The molecule has 3 rings (SSSR count). The number of nitrogens with one attached hydrogen (secondary N) is 1. The van der Waals surface area contributed by atoms with Crippen molar-refractivity contribution in [3.8, 4) is 0 Å². The number of likely N-dealkylation sites (tertiary alicyclic amines) is 1. The smallest absolute Gasteiger partial charge is 0.407 e. The van der Waals surface area contributed by atoms with E-state index in [0.29, 0.717) is 32.5 Å². The highest BCUT2D eigenvalue weighted by atomic mass is 32.2. The van der Waals surface area contributed by atoms with Crippen LogP contribution in [-0.2, 0) is 26.1 Å². The zero-order chi connectivity index (χ0) is 24.2. The number of amides is 2. The monoisotopic (exact) mass is 480 g/mol. The van der Waals surface area contributed by atoms with Crippen LogP contribution >= 0.6 is 0 Å². The van der Waals surface area contributed by atoms with Crippen molar-refractivity contribution < 1.29 is 22.7 Å². The number of carbonyl (C=O) groups is 2. The maximum absolute atomic E-state index is 13.2. The van der Waals surface area contributed by atoms with E-state index in [4.69, 9.17) is 10.5 Å². The molecule has 9 nitrogen and oxygen atoms in total. The Bertz CT molecular complexity index is 944. The van der Waals surface area contributed by atoms with Gasteiger partial charge in [-0.15, -0.1) is 0 Å². The second-order valence-electron chi connectivity index (χ2n) is 9.92. The SMILES string of the molecule is CC(C)(C)OC(=O)NC1CCN(S(=O)(=O)c2cccc(CN3CCC(C(N)=O)CC3)c2)CC1. The summed E-state index contributed by atoms with van der Waals surface area (Å²) in [6.45, 7) is 8.26. The standard InChI is InChI=1S/C23H36N4O5S/c1-23(2,3)32-22(29)25-19-9-13-27(14-10-19)33(30,31)20-6-4-5-17(15-20)16-26-11-7-18(8-12-26)21(24)28/h4-6,15,18-19H,7-14,16H2,1-3H3,(H2,24,28)(H,25,29). The molecular weight excluding hydrogens is 444 g/mol. The predicted octanol–water partition coefficient (Wildman–Crippen LogP) is 2.06. The number of hydrogen-bond acceptors (Lipinski definition) is 6. The molecule has 0 radical (unpaired) electrons. The maximum atomic E-state index is 13.2. The third kappa shape index (κ3) is 7.15. The summed E-state index contributed by atoms with van der Waals surface area (Å²) in [5, 5.41) is 2.83. The molecule has 0 unspecified atom stereocenters. The molecule has 2 saturated heterocycles. The average molecular weight is 481 g/mol. The summed E-state index contributed by atoms with van der Waals surface area (Å²) in [6.07, 6.45) is 2.07. The number of ether oxygens (including phenoxy) is 1. The van der Waals surface area contributed by atoms with Crippen LogP contribution in [0.5, 0.6) is 0 Å². The van der Waals surface area contributed by atoms with Gasteiger partial charge in [0, 0.05) is 31.6 Å². The summed E-state index contributed by atoms with van der Waals surface area (Å²) in [5.41, 5.74) is 5.76. The van der Waals surface area contributed by atoms with Gasteiger partial charge in [-0.3, -0.25) is 9.69 Å². The highest BCUT2D eigenvalue weighted by Gasteiger charge is 2.31. The number of piperidine rings is 2. The van der Waals surface area contributed by atoms with Crippen LogP contribution in [0.1, 0.15) is 52.0 Å². The summed E-state index contributed by atoms with van der Waals surface area (Å²) in [6, 6.07) is 6.95. The van der Waals surface area contributed by atoms with Crippen LogP contribution < -0.4 is 11.1 Å². The van der Waals surface area contributed by atoms with Gasteiger partial charge in [-0.25, -0.2) is 13.2 Å². The fraction of sp³-hybridized carbons (Fsp3) is 0.652. The Balaban J connectivity index is 1.55. The fourth-order valence-electron chi connectivity index (χ4n) is 4.30. The molecule has 1 aromatic rings. The second kappa shape index (κ2) is 10.4. The van der Waals surface area contributed by atoms with Gasteiger partial charge in [-0.05, 0) is 77.2 Å². The lowest BCUT2D eigenvalue weighted by Crippen LogP contribution is -2.47. The maximum Gasteiger partial charge on any atom is 0.407 e. The lowest BCUT2D eigenvalue weighted by Gasteiger charge is -2.32. The van der Waals surface area contributed by atoms with Gasteiger partial charge in [-0.1, -0.05) is 12.1 Å². The Morgan fingerprint density at radius 1 is 1.09 bits per heavy atom. The molecule has 3 N–H and O–H groups in total. The summed E-state index contributed by atoms with van der Waals surface area (Å²) in [5.74, 6) is -0.312. The minimum atomic E-state index is -3.62. The van der Waals surface area contributed by atoms with Gasteiger partial charge in [0.05, 0.1) is 4.90 Å². The van der Waals surface area contributed by atoms with E-state index in [9.17, 15) is 18.0 Å². The van der Waals surface area contributed by atoms with Crippen LogP contribution in [0.3, 0.4) is 0 Å². The normalized spacial score (nSPS) is 19.8. The van der Waals surface area contributed by atoms with E-state index in [-0.39, 0.29) is 22.8 Å². The van der Waals surface area contributed by atoms with Crippen LogP contribution in [-0.4, -0.2) is 67.4 Å². The first-order valence-electron chi connectivity index (χ1n) is 11.5. The molecule has 0 aliphatic carbocycles. The van der Waals surface area contributed by atoms with Crippen LogP contribution in [0.15, 0.2) is 29.2 Å². The van der Waals surface area contributed by atoms with Crippen molar-refractivity contribution >= 4 is 22.0 Å². The van der Waals surface area contributed by atoms with Crippen molar-refractivity contribution in [1.29, 1.82) is 0 Å². The number of hydrogen-bond donors (Lipinski definition) is 2. The summed E-state index contributed by atoms with van der Waals surface area (Å²) in [4.78, 5) is 25.8. The molecule has 2 heterocycles. The van der Waals surface area contributed by atoms with Gasteiger partial charge in [0.2, 0.25) is 15.9 Å². The van der Waals surface area contributed by atoms with Crippen molar-refractivity contribution in [1.82, 2.24) is 14.5 Å². The fourth-order valence-corrected chi connectivity index (χ4v) is 5.84. The number of nitrogens with zero attached hydrogens (tertiary/aromatic N) is 2. The van der Waals surface area contributed by atoms with Gasteiger partial charge < -0.3 is 15.8 Å². The van der Waals surface area contributed by atoms with Crippen molar-refractivity contribution in [2.45, 2.75) is 69.5 Å². The van der Waals surface area contributed by atoms with Gasteiger partial charge >= 0.3 is 6.09 Å². The minimum Gasteiger partial charge on any atom is -0.444 e. The van der Waals surface area contributed by atoms with E-state index < -0.39 is 21.7 Å². The van der Waals surface area contributed by atoms with Crippen molar-refractivity contribution in [3.63, 3.8) is 0 Å². The van der Waals surface area contributed by atoms with Crippen LogP contribution in [0.4, 0.5) is 4.79 Å². The van der Waals surface area contributed by atoms with E-state index in [2.05, 4.69) is 10.2 Å². The third-order valence-corrected chi connectivity index (χ3v) is 8.00. The van der Waals surface area contributed by atoms with Gasteiger partial charge in [0.1, 0.15) is 5.60 Å². The minimum absolute atomic E-state index is 0.0688. The first-order valence-corrected chi connectivity index (χ1v) is 13.0.